The van der Waals surface area contributed by atoms with Gasteiger partial charge in [0.15, 0.2) is 11.5 Å². The summed E-state index contributed by atoms with van der Waals surface area (Å²) in [5.74, 6) is 1.23. The van der Waals surface area contributed by atoms with Crippen molar-refractivity contribution in [3.8, 4) is 11.5 Å². The number of hydrogen-bond donors (Lipinski definition) is 2. The fraction of sp³-hybridized carbons (Fsp3) is 0.455. The summed E-state index contributed by atoms with van der Waals surface area (Å²) in [4.78, 5) is 0. The normalized spacial score (nSPS) is 12.4. The molecule has 0 saturated heterocycles. The molecule has 1 rings (SSSR count). The fourth-order valence-corrected chi connectivity index (χ4v) is 2.13. The van der Waals surface area contributed by atoms with Gasteiger partial charge in [-0.3, -0.25) is 0 Å². The minimum atomic E-state index is -0.420. The Bertz CT molecular complexity index is 382. The van der Waals surface area contributed by atoms with E-state index in [9.17, 15) is 0 Å². The van der Waals surface area contributed by atoms with E-state index in [1.165, 1.54) is 0 Å². The molecule has 1 aromatic rings. The fourth-order valence-electron chi connectivity index (χ4n) is 1.55. The number of halogens is 1. The molecule has 0 amide bonds. The molecule has 3 N–H and O–H groups in total. The van der Waals surface area contributed by atoms with Gasteiger partial charge in [0.2, 0.25) is 0 Å². The molecule has 0 aliphatic carbocycles. The Hall–Kier alpha value is -0.780. The third kappa shape index (κ3) is 2.31. The summed E-state index contributed by atoms with van der Waals surface area (Å²) in [7, 11) is 3.14. The van der Waals surface area contributed by atoms with Crippen molar-refractivity contribution < 1.29 is 14.6 Å². The van der Waals surface area contributed by atoms with Crippen molar-refractivity contribution in [1.29, 1.82) is 0 Å². The molecule has 0 bridgehead atoms. The summed E-state index contributed by atoms with van der Waals surface area (Å²) in [5, 5.41) is 9.08. The van der Waals surface area contributed by atoms with Crippen LogP contribution >= 0.6 is 15.9 Å². The number of rotatable bonds is 4. The van der Waals surface area contributed by atoms with E-state index in [2.05, 4.69) is 15.9 Å². The van der Waals surface area contributed by atoms with Gasteiger partial charge < -0.3 is 20.3 Å². The Balaban J connectivity index is 3.38. The summed E-state index contributed by atoms with van der Waals surface area (Å²) < 4.78 is 11.3. The van der Waals surface area contributed by atoms with E-state index in [1.807, 2.05) is 6.92 Å². The summed E-state index contributed by atoms with van der Waals surface area (Å²) in [6.07, 6.45) is 0. The monoisotopic (exact) mass is 289 g/mol. The van der Waals surface area contributed by atoms with Crippen LogP contribution in [0.5, 0.6) is 11.5 Å². The Labute approximate surface area is 103 Å². The first kappa shape index (κ1) is 13.3. The molecule has 0 heterocycles. The van der Waals surface area contributed by atoms with Crippen LogP contribution in [0, 0.1) is 6.92 Å². The van der Waals surface area contributed by atoms with Gasteiger partial charge in [-0.25, -0.2) is 0 Å². The van der Waals surface area contributed by atoms with E-state index >= 15 is 0 Å². The Morgan fingerprint density at radius 3 is 2.50 bits per heavy atom. The first-order valence-electron chi connectivity index (χ1n) is 4.84. The van der Waals surface area contributed by atoms with Crippen molar-refractivity contribution in [2.45, 2.75) is 13.0 Å². The Kier molecular flexibility index (Phi) is 4.58. The van der Waals surface area contributed by atoms with Crippen LogP contribution in [-0.2, 0) is 0 Å². The quantitative estimate of drug-likeness (QED) is 0.887. The second kappa shape index (κ2) is 5.52. The lowest BCUT2D eigenvalue weighted by atomic mass is 10.0. The lowest BCUT2D eigenvalue weighted by molar-refractivity contribution is 0.267. The topological polar surface area (TPSA) is 64.7 Å². The maximum Gasteiger partial charge on any atom is 0.175 e. The van der Waals surface area contributed by atoms with Crippen molar-refractivity contribution in [3.63, 3.8) is 0 Å². The molecule has 0 radical (unpaired) electrons. The van der Waals surface area contributed by atoms with Crippen LogP contribution in [0.1, 0.15) is 17.2 Å². The Morgan fingerprint density at radius 2 is 2.06 bits per heavy atom. The van der Waals surface area contributed by atoms with Crippen molar-refractivity contribution in [3.05, 3.63) is 21.7 Å². The third-order valence-electron chi connectivity index (χ3n) is 2.49. The standard InChI is InChI=1S/C11H16BrNO3/c1-6-7(8(13)5-14)4-9(15-2)11(16-3)10(6)12/h4,8,14H,5,13H2,1-3H3. The smallest absolute Gasteiger partial charge is 0.175 e. The highest BCUT2D eigenvalue weighted by Gasteiger charge is 2.18. The zero-order chi connectivity index (χ0) is 12.3. The first-order valence-corrected chi connectivity index (χ1v) is 5.63. The molecule has 1 unspecified atom stereocenters. The molecule has 0 saturated carbocycles. The molecular formula is C11H16BrNO3. The molecule has 5 heteroatoms. The van der Waals surface area contributed by atoms with Crippen molar-refractivity contribution >= 4 is 15.9 Å². The van der Waals surface area contributed by atoms with Gasteiger partial charge in [-0.2, -0.15) is 0 Å². The molecule has 90 valence electrons. The van der Waals surface area contributed by atoms with E-state index in [4.69, 9.17) is 20.3 Å². The second-order valence-electron chi connectivity index (χ2n) is 3.43. The summed E-state index contributed by atoms with van der Waals surface area (Å²) >= 11 is 3.44. The molecule has 0 fully saturated rings. The molecule has 1 aromatic carbocycles. The molecule has 0 aliphatic rings. The molecule has 16 heavy (non-hydrogen) atoms. The number of aliphatic hydroxyl groups is 1. The van der Waals surface area contributed by atoms with Crippen molar-refractivity contribution in [2.24, 2.45) is 5.73 Å². The highest BCUT2D eigenvalue weighted by Crippen LogP contribution is 2.40. The van der Waals surface area contributed by atoms with E-state index in [-0.39, 0.29) is 6.61 Å². The molecule has 0 aromatic heterocycles. The average Bonchev–Trinajstić information content (AvgIpc) is 2.31. The molecule has 0 spiro atoms. The minimum absolute atomic E-state index is 0.108. The highest BCUT2D eigenvalue weighted by molar-refractivity contribution is 9.10. The van der Waals surface area contributed by atoms with E-state index in [0.29, 0.717) is 11.5 Å². The predicted molar refractivity (Wildman–Crippen MR) is 66.0 cm³/mol. The van der Waals surface area contributed by atoms with Crippen LogP contribution in [0.2, 0.25) is 0 Å². The maximum atomic E-state index is 9.08. The largest absolute Gasteiger partial charge is 0.493 e. The zero-order valence-electron chi connectivity index (χ0n) is 9.58. The van der Waals surface area contributed by atoms with E-state index in [1.54, 1.807) is 20.3 Å². The van der Waals surface area contributed by atoms with Gasteiger partial charge in [-0.15, -0.1) is 0 Å². The summed E-state index contributed by atoms with van der Waals surface area (Å²) in [6.45, 7) is 1.81. The van der Waals surface area contributed by atoms with Gasteiger partial charge in [-0.05, 0) is 40.0 Å². The van der Waals surface area contributed by atoms with Gasteiger partial charge in [0, 0.05) is 0 Å². The predicted octanol–water partition coefficient (Wildman–Crippen LogP) is 1.77. The second-order valence-corrected chi connectivity index (χ2v) is 4.22. The number of hydrogen-bond acceptors (Lipinski definition) is 4. The average molecular weight is 290 g/mol. The molecular weight excluding hydrogens is 274 g/mol. The highest BCUT2D eigenvalue weighted by atomic mass is 79.9. The number of nitrogens with two attached hydrogens (primary N) is 1. The molecule has 4 nitrogen and oxygen atoms in total. The number of methoxy groups -OCH3 is 2. The SMILES string of the molecule is COc1cc(C(N)CO)c(C)c(Br)c1OC. The van der Waals surface area contributed by atoms with Gasteiger partial charge in [-0.1, -0.05) is 0 Å². The molecule has 1 atom stereocenters. The minimum Gasteiger partial charge on any atom is -0.493 e. The lowest BCUT2D eigenvalue weighted by Crippen LogP contribution is -2.16. The summed E-state index contributed by atoms with van der Waals surface area (Å²) in [6, 6.07) is 1.37. The van der Waals surface area contributed by atoms with Crippen molar-refractivity contribution in [2.75, 3.05) is 20.8 Å². The molecule has 0 aliphatic heterocycles. The van der Waals surface area contributed by atoms with Gasteiger partial charge in [0.05, 0.1) is 31.3 Å². The van der Waals surface area contributed by atoms with Crippen molar-refractivity contribution in [1.82, 2.24) is 0 Å². The number of benzene rings is 1. The van der Waals surface area contributed by atoms with Gasteiger partial charge >= 0.3 is 0 Å². The van der Waals surface area contributed by atoms with Crippen LogP contribution in [0.25, 0.3) is 0 Å². The van der Waals surface area contributed by atoms with Gasteiger partial charge in [0.25, 0.3) is 0 Å². The van der Waals surface area contributed by atoms with E-state index < -0.39 is 6.04 Å². The van der Waals surface area contributed by atoms with Crippen LogP contribution in [0.15, 0.2) is 10.5 Å². The zero-order valence-corrected chi connectivity index (χ0v) is 11.2. The maximum absolute atomic E-state index is 9.08. The van der Waals surface area contributed by atoms with Crippen LogP contribution in [0.4, 0.5) is 0 Å². The number of aliphatic hydroxyl groups excluding tert-OH is 1. The van der Waals surface area contributed by atoms with Gasteiger partial charge in [0.1, 0.15) is 0 Å². The third-order valence-corrected chi connectivity index (χ3v) is 3.45. The number of ether oxygens (including phenoxy) is 2. The van der Waals surface area contributed by atoms with Crippen LogP contribution < -0.4 is 15.2 Å². The Morgan fingerprint density at radius 1 is 1.44 bits per heavy atom. The first-order chi connectivity index (χ1) is 7.56. The lowest BCUT2D eigenvalue weighted by Gasteiger charge is -2.18. The van der Waals surface area contributed by atoms with Crippen LogP contribution in [-0.4, -0.2) is 25.9 Å². The summed E-state index contributed by atoms with van der Waals surface area (Å²) in [5.41, 5.74) is 7.60. The van der Waals surface area contributed by atoms with E-state index in [0.717, 1.165) is 15.6 Å². The van der Waals surface area contributed by atoms with Crippen LogP contribution in [0.3, 0.4) is 0 Å².